The van der Waals surface area contributed by atoms with Crippen molar-refractivity contribution in [1.82, 2.24) is 4.72 Å². The fourth-order valence-corrected chi connectivity index (χ4v) is 4.95. The number of aliphatic hydroxyl groups excluding tert-OH is 1. The number of hydrogen-bond acceptors (Lipinski definition) is 5. The molecular formula is C14H19ClFNO4S2. The van der Waals surface area contributed by atoms with Gasteiger partial charge in [-0.25, -0.2) is 17.5 Å². The molecule has 1 fully saturated rings. The van der Waals surface area contributed by atoms with E-state index < -0.39 is 21.4 Å². The van der Waals surface area contributed by atoms with Gasteiger partial charge in [0.25, 0.3) is 0 Å². The van der Waals surface area contributed by atoms with Gasteiger partial charge in [-0.15, -0.1) is 0 Å². The fraction of sp³-hybridized carbons (Fsp3) is 0.571. The van der Waals surface area contributed by atoms with Gasteiger partial charge < -0.3 is 9.84 Å². The van der Waals surface area contributed by atoms with Crippen molar-refractivity contribution in [3.63, 3.8) is 0 Å². The molecule has 0 radical (unpaired) electrons. The van der Waals surface area contributed by atoms with E-state index in [0.717, 1.165) is 23.6 Å². The summed E-state index contributed by atoms with van der Waals surface area (Å²) in [6.45, 7) is 0.148. The summed E-state index contributed by atoms with van der Waals surface area (Å²) in [6, 6.07) is 3.27. The molecule has 0 spiro atoms. The Morgan fingerprint density at radius 3 is 2.70 bits per heavy atom. The van der Waals surface area contributed by atoms with Gasteiger partial charge in [0.2, 0.25) is 10.0 Å². The molecule has 2 N–H and O–H groups in total. The van der Waals surface area contributed by atoms with E-state index in [-0.39, 0.29) is 29.7 Å². The average Bonchev–Trinajstić information content (AvgIpc) is 2.55. The molecule has 0 saturated carbocycles. The molecule has 0 aliphatic carbocycles. The molecule has 1 saturated heterocycles. The fourth-order valence-electron chi connectivity index (χ4n) is 2.33. The maximum Gasteiger partial charge on any atom is 0.240 e. The van der Waals surface area contributed by atoms with Crippen LogP contribution in [0, 0.1) is 5.82 Å². The van der Waals surface area contributed by atoms with Crippen molar-refractivity contribution in [3.8, 4) is 0 Å². The molecule has 2 rings (SSSR count). The normalized spacial score (nSPS) is 18.0. The standard InChI is InChI=1S/C14H19ClFNO4S2/c15-12-9-11(1-2-13(12)16)23(19,20)17-10-14(21-6-5-18)3-7-22-8-4-14/h1-2,9,17-18H,3-8,10H2. The molecule has 0 unspecified atom stereocenters. The van der Waals surface area contributed by atoms with Crippen molar-refractivity contribution >= 4 is 33.4 Å². The Kier molecular flexibility index (Phi) is 6.70. The Bertz CT molecular complexity index is 636. The molecule has 130 valence electrons. The molecule has 0 atom stereocenters. The molecule has 1 aromatic carbocycles. The van der Waals surface area contributed by atoms with Gasteiger partial charge in [0.05, 0.1) is 28.7 Å². The summed E-state index contributed by atoms with van der Waals surface area (Å²) in [7, 11) is -3.81. The van der Waals surface area contributed by atoms with Crippen molar-refractivity contribution in [2.45, 2.75) is 23.3 Å². The largest absolute Gasteiger partial charge is 0.394 e. The van der Waals surface area contributed by atoms with Crippen LogP contribution >= 0.6 is 23.4 Å². The molecule has 23 heavy (non-hydrogen) atoms. The monoisotopic (exact) mass is 383 g/mol. The molecule has 1 aliphatic heterocycles. The molecule has 1 aliphatic rings. The predicted octanol–water partition coefficient (Wildman–Crippen LogP) is 2.03. The van der Waals surface area contributed by atoms with E-state index in [1.54, 1.807) is 11.8 Å². The summed E-state index contributed by atoms with van der Waals surface area (Å²) in [4.78, 5) is -0.0913. The molecular weight excluding hydrogens is 365 g/mol. The number of halogens is 2. The van der Waals surface area contributed by atoms with E-state index in [1.165, 1.54) is 6.07 Å². The first kappa shape index (κ1) is 19.0. The molecule has 0 aromatic heterocycles. The van der Waals surface area contributed by atoms with Crippen LogP contribution in [-0.4, -0.2) is 50.4 Å². The second-order valence-corrected chi connectivity index (χ2v) is 8.67. The maximum atomic E-state index is 13.2. The van der Waals surface area contributed by atoms with E-state index in [2.05, 4.69) is 4.72 Å². The van der Waals surface area contributed by atoms with Crippen molar-refractivity contribution in [2.75, 3.05) is 31.3 Å². The summed E-state index contributed by atoms with van der Waals surface area (Å²) in [6.07, 6.45) is 1.40. The highest BCUT2D eigenvalue weighted by Gasteiger charge is 2.34. The first-order valence-electron chi connectivity index (χ1n) is 7.16. The number of ether oxygens (including phenoxy) is 1. The molecule has 1 heterocycles. The van der Waals surface area contributed by atoms with Crippen molar-refractivity contribution in [3.05, 3.63) is 29.0 Å². The number of benzene rings is 1. The van der Waals surface area contributed by atoms with E-state index >= 15 is 0 Å². The highest BCUT2D eigenvalue weighted by atomic mass is 35.5. The van der Waals surface area contributed by atoms with Crippen molar-refractivity contribution in [2.24, 2.45) is 0 Å². The second kappa shape index (κ2) is 8.13. The quantitative estimate of drug-likeness (QED) is 0.753. The Labute approximate surface area is 144 Å². The predicted molar refractivity (Wildman–Crippen MR) is 88.9 cm³/mol. The maximum absolute atomic E-state index is 13.2. The smallest absolute Gasteiger partial charge is 0.240 e. The molecule has 5 nitrogen and oxygen atoms in total. The lowest BCUT2D eigenvalue weighted by molar-refractivity contribution is -0.0591. The minimum absolute atomic E-state index is 0.0913. The topological polar surface area (TPSA) is 75.6 Å². The van der Waals surface area contributed by atoms with Crippen LogP contribution in [0.3, 0.4) is 0 Å². The third-order valence-corrected chi connectivity index (χ3v) is 6.36. The summed E-state index contributed by atoms with van der Waals surface area (Å²) >= 11 is 7.43. The van der Waals surface area contributed by atoms with E-state index in [4.69, 9.17) is 21.4 Å². The van der Waals surface area contributed by atoms with Gasteiger partial charge >= 0.3 is 0 Å². The van der Waals surface area contributed by atoms with Gasteiger partial charge in [-0.05, 0) is 42.5 Å². The minimum atomic E-state index is -3.81. The zero-order chi connectivity index (χ0) is 16.9. The van der Waals surface area contributed by atoms with Crippen molar-refractivity contribution < 1.29 is 22.7 Å². The number of thioether (sulfide) groups is 1. The Hall–Kier alpha value is -0.380. The lowest BCUT2D eigenvalue weighted by atomic mass is 9.97. The summed E-state index contributed by atoms with van der Waals surface area (Å²) in [5.41, 5.74) is -0.620. The van der Waals surface area contributed by atoms with Crippen LogP contribution in [0.1, 0.15) is 12.8 Å². The van der Waals surface area contributed by atoms with Gasteiger partial charge in [0, 0.05) is 6.54 Å². The first-order chi connectivity index (χ1) is 10.9. The van der Waals surface area contributed by atoms with Crippen molar-refractivity contribution in [1.29, 1.82) is 0 Å². The Morgan fingerprint density at radius 2 is 2.09 bits per heavy atom. The first-order valence-corrected chi connectivity index (χ1v) is 10.2. The van der Waals surface area contributed by atoms with Crippen LogP contribution in [0.25, 0.3) is 0 Å². The SMILES string of the molecule is O=S(=O)(NCC1(OCCO)CCSCC1)c1ccc(F)c(Cl)c1. The van der Waals surface area contributed by atoms with E-state index in [9.17, 15) is 12.8 Å². The number of rotatable bonds is 7. The molecule has 0 amide bonds. The lowest BCUT2D eigenvalue weighted by Gasteiger charge is -2.37. The van der Waals surface area contributed by atoms with E-state index in [0.29, 0.717) is 12.8 Å². The van der Waals surface area contributed by atoms with E-state index in [1.807, 2.05) is 0 Å². The number of sulfonamides is 1. The lowest BCUT2D eigenvalue weighted by Crippen LogP contribution is -2.48. The van der Waals surface area contributed by atoms with Crippen LogP contribution in [0.4, 0.5) is 4.39 Å². The van der Waals surface area contributed by atoms with Gasteiger partial charge in [0.15, 0.2) is 0 Å². The number of aliphatic hydroxyl groups is 1. The summed E-state index contributed by atoms with van der Waals surface area (Å²) < 4.78 is 46.1. The highest BCUT2D eigenvalue weighted by molar-refractivity contribution is 7.99. The zero-order valence-corrected chi connectivity index (χ0v) is 14.8. The number of hydrogen-bond donors (Lipinski definition) is 2. The average molecular weight is 384 g/mol. The summed E-state index contributed by atoms with van der Waals surface area (Å²) in [5.74, 6) is 1.07. The van der Waals surface area contributed by atoms with Crippen LogP contribution in [0.15, 0.2) is 23.1 Å². The van der Waals surface area contributed by atoms with Gasteiger partial charge in [-0.1, -0.05) is 11.6 Å². The van der Waals surface area contributed by atoms with Gasteiger partial charge in [-0.3, -0.25) is 0 Å². The molecule has 1 aromatic rings. The van der Waals surface area contributed by atoms with Gasteiger partial charge in [-0.2, -0.15) is 11.8 Å². The van der Waals surface area contributed by atoms with Crippen LogP contribution in [0.2, 0.25) is 5.02 Å². The summed E-state index contributed by atoms with van der Waals surface area (Å²) in [5, 5.41) is 8.71. The highest BCUT2D eigenvalue weighted by Crippen LogP contribution is 2.30. The Morgan fingerprint density at radius 1 is 1.39 bits per heavy atom. The molecule has 9 heteroatoms. The molecule has 0 bridgehead atoms. The number of nitrogens with one attached hydrogen (secondary N) is 1. The third kappa shape index (κ3) is 5.04. The zero-order valence-electron chi connectivity index (χ0n) is 12.4. The third-order valence-electron chi connectivity index (χ3n) is 3.69. The van der Waals surface area contributed by atoms with Gasteiger partial charge in [0.1, 0.15) is 5.82 Å². The minimum Gasteiger partial charge on any atom is -0.394 e. The van der Waals surface area contributed by atoms with Crippen LogP contribution in [-0.2, 0) is 14.8 Å². The second-order valence-electron chi connectivity index (χ2n) is 5.27. The van der Waals surface area contributed by atoms with Crippen LogP contribution in [0.5, 0.6) is 0 Å². The van der Waals surface area contributed by atoms with Crippen LogP contribution < -0.4 is 4.72 Å². The Balaban J connectivity index is 2.10.